The number of amides is 1. The molecule has 2 unspecified atom stereocenters. The third-order valence-corrected chi connectivity index (χ3v) is 6.22. The van der Waals surface area contributed by atoms with E-state index in [-0.39, 0.29) is 36.2 Å². The summed E-state index contributed by atoms with van der Waals surface area (Å²) in [6, 6.07) is 3.73. The molecule has 2 rings (SSSR count). The zero-order chi connectivity index (χ0) is 14.9. The lowest BCUT2D eigenvalue weighted by Gasteiger charge is -2.23. The number of carbonyl (C=O) groups excluding carboxylic acids is 1. The third-order valence-electron chi connectivity index (χ3n) is 3.49. The highest BCUT2D eigenvalue weighted by atomic mass is 32.2. The van der Waals surface area contributed by atoms with Crippen molar-refractivity contribution in [1.82, 2.24) is 10.2 Å². The van der Waals surface area contributed by atoms with Gasteiger partial charge in [-0.15, -0.1) is 11.3 Å². The third kappa shape index (κ3) is 3.21. The fraction of sp³-hybridized carbons (Fsp3) is 0.615. The summed E-state index contributed by atoms with van der Waals surface area (Å²) in [6.45, 7) is 5.69. The van der Waals surface area contributed by atoms with Gasteiger partial charge in [0.25, 0.3) is 0 Å². The van der Waals surface area contributed by atoms with Crippen molar-refractivity contribution < 1.29 is 13.2 Å². The van der Waals surface area contributed by atoms with E-state index in [4.69, 9.17) is 0 Å². The van der Waals surface area contributed by atoms with Crippen LogP contribution in [0.4, 0.5) is 0 Å². The van der Waals surface area contributed by atoms with Crippen LogP contribution in [0.1, 0.15) is 29.8 Å². The maximum Gasteiger partial charge on any atom is 0.241 e. The van der Waals surface area contributed by atoms with Crippen LogP contribution in [0, 0.1) is 6.92 Å². The summed E-state index contributed by atoms with van der Waals surface area (Å²) < 4.78 is 23.3. The van der Waals surface area contributed by atoms with Gasteiger partial charge in [0.05, 0.1) is 11.8 Å². The Hall–Kier alpha value is -0.920. The average molecular weight is 316 g/mol. The van der Waals surface area contributed by atoms with Crippen LogP contribution in [-0.4, -0.2) is 43.3 Å². The van der Waals surface area contributed by atoms with E-state index in [0.717, 1.165) is 4.88 Å². The number of carbonyl (C=O) groups is 1. The van der Waals surface area contributed by atoms with Crippen molar-refractivity contribution in [3.8, 4) is 0 Å². The van der Waals surface area contributed by atoms with Crippen LogP contribution in [0.2, 0.25) is 0 Å². The molecule has 5 nitrogen and oxygen atoms in total. The monoisotopic (exact) mass is 316 g/mol. The van der Waals surface area contributed by atoms with Gasteiger partial charge in [-0.3, -0.25) is 10.1 Å². The predicted octanol–water partition coefficient (Wildman–Crippen LogP) is 1.31. The topological polar surface area (TPSA) is 66.5 Å². The molecule has 0 aliphatic carbocycles. The Morgan fingerprint density at radius 2 is 2.10 bits per heavy atom. The zero-order valence-corrected chi connectivity index (χ0v) is 13.6. The number of rotatable bonds is 5. The van der Waals surface area contributed by atoms with E-state index >= 15 is 0 Å². The molecule has 0 saturated carbocycles. The minimum atomic E-state index is -3.07. The Morgan fingerprint density at radius 3 is 2.65 bits per heavy atom. The molecule has 1 aromatic heterocycles. The smallest absolute Gasteiger partial charge is 0.241 e. The Morgan fingerprint density at radius 1 is 1.40 bits per heavy atom. The Balaban J connectivity index is 2.16. The molecule has 7 heteroatoms. The molecule has 1 amide bonds. The molecule has 0 aromatic carbocycles. The van der Waals surface area contributed by atoms with Gasteiger partial charge >= 0.3 is 0 Å². The number of sulfone groups is 1. The van der Waals surface area contributed by atoms with Gasteiger partial charge in [0.2, 0.25) is 5.91 Å². The molecule has 0 bridgehead atoms. The normalized spacial score (nSPS) is 23.6. The summed E-state index contributed by atoms with van der Waals surface area (Å²) in [7, 11) is -3.07. The predicted molar refractivity (Wildman–Crippen MR) is 80.4 cm³/mol. The van der Waals surface area contributed by atoms with Gasteiger partial charge in [-0.25, -0.2) is 8.42 Å². The molecule has 0 spiro atoms. The van der Waals surface area contributed by atoms with Gasteiger partial charge in [0.15, 0.2) is 9.84 Å². The van der Waals surface area contributed by atoms with E-state index in [1.54, 1.807) is 23.2 Å². The van der Waals surface area contributed by atoms with Crippen molar-refractivity contribution >= 4 is 27.1 Å². The fourth-order valence-corrected chi connectivity index (χ4v) is 3.95. The van der Waals surface area contributed by atoms with Crippen molar-refractivity contribution in [2.75, 3.05) is 18.1 Å². The largest absolute Gasteiger partial charge is 0.320 e. The maximum atomic E-state index is 12.2. The van der Waals surface area contributed by atoms with E-state index in [2.05, 4.69) is 5.32 Å². The van der Waals surface area contributed by atoms with Crippen LogP contribution in [0.5, 0.6) is 0 Å². The Kier molecular flexibility index (Phi) is 4.51. The number of hydrogen-bond acceptors (Lipinski definition) is 5. The lowest BCUT2D eigenvalue weighted by Crippen LogP contribution is -2.34. The number of hydrogen-bond donors (Lipinski definition) is 1. The van der Waals surface area contributed by atoms with Crippen LogP contribution in [0.15, 0.2) is 12.1 Å². The number of nitrogens with one attached hydrogen (secondary N) is 1. The van der Waals surface area contributed by atoms with Gasteiger partial charge in [0, 0.05) is 22.1 Å². The van der Waals surface area contributed by atoms with Gasteiger partial charge in [-0.05, 0) is 26.0 Å². The molecule has 1 aliphatic heterocycles. The van der Waals surface area contributed by atoms with Gasteiger partial charge in [-0.2, -0.15) is 0 Å². The molecule has 2 heterocycles. The summed E-state index contributed by atoms with van der Waals surface area (Å²) in [4.78, 5) is 16.0. The first-order valence-corrected chi connectivity index (χ1v) is 9.31. The molecule has 1 aromatic rings. The average Bonchev–Trinajstić information content (AvgIpc) is 2.93. The lowest BCUT2D eigenvalue weighted by atomic mass is 10.3. The van der Waals surface area contributed by atoms with Crippen LogP contribution in [-0.2, 0) is 14.6 Å². The molecule has 1 aliphatic rings. The molecule has 112 valence electrons. The lowest BCUT2D eigenvalue weighted by molar-refractivity contribution is -0.129. The van der Waals surface area contributed by atoms with Crippen molar-refractivity contribution in [3.05, 3.63) is 21.9 Å². The second-order valence-electron chi connectivity index (χ2n) is 5.01. The molecule has 1 saturated heterocycles. The van der Waals surface area contributed by atoms with Crippen LogP contribution in [0.3, 0.4) is 0 Å². The molecule has 1 fully saturated rings. The highest BCUT2D eigenvalue weighted by molar-refractivity contribution is 7.91. The summed E-state index contributed by atoms with van der Waals surface area (Å²) in [5, 5.41) is 3.23. The summed E-state index contributed by atoms with van der Waals surface area (Å²) in [6.07, 6.45) is -0.205. The van der Waals surface area contributed by atoms with Crippen LogP contribution < -0.4 is 5.32 Å². The number of aryl methyl sites for hydroxylation is 1. The number of nitrogens with zero attached hydrogens (tertiary/aromatic N) is 1. The van der Waals surface area contributed by atoms with E-state index in [1.165, 1.54) is 4.88 Å². The molecule has 1 N–H and O–H groups in total. The van der Waals surface area contributed by atoms with E-state index in [0.29, 0.717) is 0 Å². The van der Waals surface area contributed by atoms with Crippen molar-refractivity contribution in [1.29, 1.82) is 0 Å². The van der Waals surface area contributed by atoms with Gasteiger partial charge in [0.1, 0.15) is 6.17 Å². The molecule has 0 radical (unpaired) electrons. The Bertz CT molecular complexity index is 595. The van der Waals surface area contributed by atoms with Crippen molar-refractivity contribution in [2.24, 2.45) is 0 Å². The molecular formula is C13H20N2O3S2. The SMILES string of the molecule is CCS(=O)(=O)CCN1C(=O)C(C)NC1c1ccc(C)s1. The molecule has 20 heavy (non-hydrogen) atoms. The van der Waals surface area contributed by atoms with Crippen LogP contribution >= 0.6 is 11.3 Å². The second-order valence-corrected chi connectivity index (χ2v) is 8.80. The van der Waals surface area contributed by atoms with E-state index in [1.807, 2.05) is 26.0 Å². The summed E-state index contributed by atoms with van der Waals surface area (Å²) in [5.41, 5.74) is 0. The molecule has 2 atom stereocenters. The second kappa shape index (κ2) is 5.83. The highest BCUT2D eigenvalue weighted by Gasteiger charge is 2.37. The van der Waals surface area contributed by atoms with Gasteiger partial charge in [-0.1, -0.05) is 6.92 Å². The zero-order valence-electron chi connectivity index (χ0n) is 11.9. The van der Waals surface area contributed by atoms with E-state index < -0.39 is 9.84 Å². The summed E-state index contributed by atoms with van der Waals surface area (Å²) >= 11 is 1.63. The van der Waals surface area contributed by atoms with Gasteiger partial charge < -0.3 is 4.90 Å². The highest BCUT2D eigenvalue weighted by Crippen LogP contribution is 2.30. The first kappa shape index (κ1) is 15.5. The minimum Gasteiger partial charge on any atom is -0.320 e. The minimum absolute atomic E-state index is 0.0184. The van der Waals surface area contributed by atoms with Crippen LogP contribution in [0.25, 0.3) is 0 Å². The maximum absolute atomic E-state index is 12.2. The first-order chi connectivity index (χ1) is 9.34. The quantitative estimate of drug-likeness (QED) is 0.889. The van der Waals surface area contributed by atoms with E-state index in [9.17, 15) is 13.2 Å². The Labute approximate surface area is 123 Å². The first-order valence-electron chi connectivity index (χ1n) is 6.67. The van der Waals surface area contributed by atoms with Crippen molar-refractivity contribution in [3.63, 3.8) is 0 Å². The number of thiophene rings is 1. The fourth-order valence-electron chi connectivity index (χ4n) is 2.23. The standard InChI is InChI=1S/C13H20N2O3S2/c1-4-20(17,18)8-7-15-12(14-10(3)13(15)16)11-6-5-9(2)19-11/h5-6,10,12,14H,4,7-8H2,1-3H3. The molecular weight excluding hydrogens is 296 g/mol. The summed E-state index contributed by atoms with van der Waals surface area (Å²) in [5.74, 6) is 0.0954. The van der Waals surface area contributed by atoms with Crippen molar-refractivity contribution in [2.45, 2.75) is 33.0 Å².